The quantitative estimate of drug-likeness (QED) is 0.607. The van der Waals surface area contributed by atoms with Gasteiger partial charge in [0.15, 0.2) is 0 Å². The smallest absolute Gasteiger partial charge is 0.264 e. The van der Waals surface area contributed by atoms with E-state index in [1.165, 1.54) is 0 Å². The van der Waals surface area contributed by atoms with E-state index in [0.29, 0.717) is 30.4 Å². The van der Waals surface area contributed by atoms with Crippen LogP contribution in [-0.4, -0.2) is 22.4 Å². The molecule has 2 rings (SSSR count). The number of carbonyl (C=O) groups excluding carboxylic acids is 1. The lowest BCUT2D eigenvalue weighted by atomic mass is 10.2. The molecule has 1 amide bonds. The van der Waals surface area contributed by atoms with Gasteiger partial charge in [0.1, 0.15) is 11.4 Å². The molecule has 1 aromatic heterocycles. The highest BCUT2D eigenvalue weighted by Gasteiger charge is 2.27. The maximum absolute atomic E-state index is 11.9. The van der Waals surface area contributed by atoms with Gasteiger partial charge in [-0.3, -0.25) is 9.59 Å². The number of carbonyl (C=O) groups is 1. The summed E-state index contributed by atoms with van der Waals surface area (Å²) >= 11 is 0. The first-order valence-electron chi connectivity index (χ1n) is 6.13. The van der Waals surface area contributed by atoms with Gasteiger partial charge in [-0.2, -0.15) is 0 Å². The monoisotopic (exact) mass is 247 g/mol. The lowest BCUT2D eigenvalue weighted by molar-refractivity contribution is 0.0951. The maximum atomic E-state index is 11.9. The fraction of sp³-hybridized carbons (Fsp3) is 0.462. The second-order valence-corrected chi connectivity index (χ2v) is 4.52. The van der Waals surface area contributed by atoms with Crippen LogP contribution >= 0.6 is 0 Å². The second kappa shape index (κ2) is 5.16. The Hall–Kier alpha value is -1.91. The van der Waals surface area contributed by atoms with Gasteiger partial charge in [-0.15, -0.1) is 6.58 Å². The Morgan fingerprint density at radius 3 is 2.89 bits per heavy atom. The van der Waals surface area contributed by atoms with Crippen molar-refractivity contribution in [1.82, 2.24) is 15.3 Å². The van der Waals surface area contributed by atoms with Crippen LogP contribution in [-0.2, 0) is 0 Å². The molecule has 0 unspecified atom stereocenters. The van der Waals surface area contributed by atoms with E-state index in [1.807, 2.05) is 0 Å². The third-order valence-electron chi connectivity index (χ3n) is 2.94. The van der Waals surface area contributed by atoms with Crippen molar-refractivity contribution in [3.8, 4) is 0 Å². The Balaban J connectivity index is 2.19. The lowest BCUT2D eigenvalue weighted by Gasteiger charge is -2.07. The van der Waals surface area contributed by atoms with Crippen molar-refractivity contribution in [1.29, 1.82) is 0 Å². The predicted octanol–water partition coefficient (Wildman–Crippen LogP) is 1.26. The summed E-state index contributed by atoms with van der Waals surface area (Å²) in [6.07, 6.45) is 4.52. The normalized spacial score (nSPS) is 14.3. The highest BCUT2D eigenvalue weighted by atomic mass is 16.2. The summed E-state index contributed by atoms with van der Waals surface area (Å²) in [4.78, 5) is 30.8. The Kier molecular flexibility index (Phi) is 3.60. The topological polar surface area (TPSA) is 74.8 Å². The minimum Gasteiger partial charge on any atom is -0.351 e. The summed E-state index contributed by atoms with van der Waals surface area (Å²) in [6, 6.07) is 0. The van der Waals surface area contributed by atoms with Crippen LogP contribution in [0.25, 0.3) is 0 Å². The van der Waals surface area contributed by atoms with E-state index in [4.69, 9.17) is 0 Å². The molecule has 0 atom stereocenters. The molecule has 0 bridgehead atoms. The molecule has 1 aromatic rings. The number of nitrogens with one attached hydrogen (secondary N) is 2. The van der Waals surface area contributed by atoms with E-state index < -0.39 is 0 Å². The summed E-state index contributed by atoms with van der Waals surface area (Å²) < 4.78 is 0. The van der Waals surface area contributed by atoms with Crippen LogP contribution in [0.2, 0.25) is 0 Å². The van der Waals surface area contributed by atoms with Crippen molar-refractivity contribution >= 4 is 5.91 Å². The number of nitrogens with zero attached hydrogens (tertiary/aromatic N) is 1. The van der Waals surface area contributed by atoms with Crippen LogP contribution < -0.4 is 10.9 Å². The molecular weight excluding hydrogens is 230 g/mol. The third kappa shape index (κ3) is 2.67. The summed E-state index contributed by atoms with van der Waals surface area (Å²) in [5.74, 6) is 0.708. The molecule has 1 saturated carbocycles. The average molecular weight is 247 g/mol. The van der Waals surface area contributed by atoms with Crippen LogP contribution in [0.3, 0.4) is 0 Å². The van der Waals surface area contributed by atoms with E-state index in [9.17, 15) is 9.59 Å². The van der Waals surface area contributed by atoms with Gasteiger partial charge in [-0.05, 0) is 26.2 Å². The average Bonchev–Trinajstić information content (AvgIpc) is 3.12. The number of aryl methyl sites for hydroxylation is 1. The number of H-pyrrole nitrogens is 1. The molecule has 1 fully saturated rings. The van der Waals surface area contributed by atoms with Gasteiger partial charge in [0.25, 0.3) is 11.5 Å². The van der Waals surface area contributed by atoms with Crippen LogP contribution in [0.5, 0.6) is 0 Å². The molecule has 1 aliphatic rings. The van der Waals surface area contributed by atoms with E-state index in [1.54, 1.807) is 13.0 Å². The summed E-state index contributed by atoms with van der Waals surface area (Å²) in [5.41, 5.74) is 0.265. The molecule has 0 aromatic carbocycles. The molecule has 0 spiro atoms. The zero-order valence-corrected chi connectivity index (χ0v) is 10.5. The number of aromatic nitrogens is 2. The third-order valence-corrected chi connectivity index (χ3v) is 2.94. The van der Waals surface area contributed by atoms with E-state index in [0.717, 1.165) is 12.8 Å². The van der Waals surface area contributed by atoms with Crippen LogP contribution in [0, 0.1) is 6.92 Å². The minimum atomic E-state index is -0.370. The van der Waals surface area contributed by atoms with Crippen LogP contribution in [0.1, 0.15) is 47.1 Å². The zero-order valence-electron chi connectivity index (χ0n) is 10.5. The molecule has 2 N–H and O–H groups in total. The number of amides is 1. The fourth-order valence-corrected chi connectivity index (χ4v) is 1.80. The number of hydrogen-bond acceptors (Lipinski definition) is 3. The molecule has 5 nitrogen and oxygen atoms in total. The highest BCUT2D eigenvalue weighted by molar-refractivity contribution is 5.94. The Morgan fingerprint density at radius 1 is 1.61 bits per heavy atom. The Bertz CT molecular complexity index is 530. The molecule has 0 aliphatic heterocycles. The van der Waals surface area contributed by atoms with E-state index in [2.05, 4.69) is 21.9 Å². The van der Waals surface area contributed by atoms with Gasteiger partial charge in [0.05, 0.1) is 5.69 Å². The molecule has 5 heteroatoms. The molecule has 1 heterocycles. The van der Waals surface area contributed by atoms with Crippen molar-refractivity contribution < 1.29 is 4.79 Å². The number of hydrogen-bond donors (Lipinski definition) is 2. The second-order valence-electron chi connectivity index (χ2n) is 4.52. The molecule has 96 valence electrons. The van der Waals surface area contributed by atoms with Gasteiger partial charge < -0.3 is 10.3 Å². The molecular formula is C13H17N3O2. The first kappa shape index (κ1) is 12.5. The van der Waals surface area contributed by atoms with E-state index in [-0.39, 0.29) is 17.0 Å². The van der Waals surface area contributed by atoms with Crippen molar-refractivity contribution in [3.05, 3.63) is 40.1 Å². The molecule has 18 heavy (non-hydrogen) atoms. The number of aromatic amines is 1. The van der Waals surface area contributed by atoms with Crippen molar-refractivity contribution in [2.45, 2.75) is 32.1 Å². The van der Waals surface area contributed by atoms with Gasteiger partial charge >= 0.3 is 0 Å². The lowest BCUT2D eigenvalue weighted by Crippen LogP contribution is -2.32. The highest BCUT2D eigenvalue weighted by Crippen LogP contribution is 2.37. The zero-order chi connectivity index (χ0) is 13.1. The summed E-state index contributed by atoms with van der Waals surface area (Å²) in [6.45, 7) is 5.75. The standard InChI is InChI=1S/C13H17N3O2/c1-3-4-7-14-12(17)10-8(2)15-11(9-5-6-9)16-13(10)18/h3,9H,1,4-7H2,2H3,(H,14,17)(H,15,16,18). The van der Waals surface area contributed by atoms with Crippen molar-refractivity contribution in [2.75, 3.05) is 6.54 Å². The van der Waals surface area contributed by atoms with E-state index >= 15 is 0 Å². The van der Waals surface area contributed by atoms with Crippen molar-refractivity contribution in [2.24, 2.45) is 0 Å². The molecule has 1 aliphatic carbocycles. The first-order chi connectivity index (χ1) is 8.63. The predicted molar refractivity (Wildman–Crippen MR) is 68.7 cm³/mol. The van der Waals surface area contributed by atoms with Gasteiger partial charge in [-0.1, -0.05) is 6.08 Å². The summed E-state index contributed by atoms with van der Waals surface area (Å²) in [5, 5.41) is 2.68. The number of rotatable bonds is 5. The minimum absolute atomic E-state index is 0.114. The van der Waals surface area contributed by atoms with Crippen LogP contribution in [0.4, 0.5) is 0 Å². The maximum Gasteiger partial charge on any atom is 0.264 e. The van der Waals surface area contributed by atoms with Gasteiger partial charge in [0.2, 0.25) is 0 Å². The first-order valence-corrected chi connectivity index (χ1v) is 6.13. The SMILES string of the molecule is C=CCCNC(=O)c1c(C)nc(C2CC2)[nH]c1=O. The Labute approximate surface area is 105 Å². The van der Waals surface area contributed by atoms with Crippen molar-refractivity contribution in [3.63, 3.8) is 0 Å². The van der Waals surface area contributed by atoms with Gasteiger partial charge in [-0.25, -0.2) is 4.98 Å². The summed E-state index contributed by atoms with van der Waals surface area (Å²) in [7, 11) is 0. The van der Waals surface area contributed by atoms with Gasteiger partial charge in [0, 0.05) is 12.5 Å². The Morgan fingerprint density at radius 2 is 2.33 bits per heavy atom. The van der Waals surface area contributed by atoms with Crippen LogP contribution in [0.15, 0.2) is 17.4 Å². The molecule has 0 radical (unpaired) electrons. The fourth-order valence-electron chi connectivity index (χ4n) is 1.80. The molecule has 0 saturated heterocycles. The largest absolute Gasteiger partial charge is 0.351 e.